The Morgan fingerprint density at radius 1 is 1.00 bits per heavy atom. The van der Waals surface area contributed by atoms with E-state index < -0.39 is 0 Å². The quantitative estimate of drug-likeness (QED) is 0.675. The first kappa shape index (κ1) is 14.2. The molecule has 0 radical (unpaired) electrons. The van der Waals surface area contributed by atoms with Crippen LogP contribution < -0.4 is 5.32 Å². The third-order valence-electron chi connectivity index (χ3n) is 3.18. The summed E-state index contributed by atoms with van der Waals surface area (Å²) in [7, 11) is 0. The summed E-state index contributed by atoms with van der Waals surface area (Å²) < 4.78 is 0. The molecule has 0 aliphatic rings. The summed E-state index contributed by atoms with van der Waals surface area (Å²) in [5.74, 6) is 0. The van der Waals surface area contributed by atoms with Gasteiger partial charge in [0, 0.05) is 6.04 Å². The molecule has 0 heterocycles. The third-order valence-corrected chi connectivity index (χ3v) is 3.18. The van der Waals surface area contributed by atoms with Crippen LogP contribution in [0.2, 0.25) is 0 Å². The molecule has 0 bridgehead atoms. The van der Waals surface area contributed by atoms with E-state index in [2.05, 4.69) is 49.5 Å². The molecule has 0 aromatic heterocycles. The number of nitrogens with one attached hydrogen (secondary N) is 1. The van der Waals surface area contributed by atoms with Gasteiger partial charge >= 0.3 is 0 Å². The van der Waals surface area contributed by atoms with Gasteiger partial charge in [-0.15, -0.1) is 0 Å². The van der Waals surface area contributed by atoms with Gasteiger partial charge in [0.1, 0.15) is 0 Å². The SMILES string of the molecule is CCCNC(CCC)CCCc1ccccc1. The molecule has 0 spiro atoms. The van der Waals surface area contributed by atoms with E-state index in [0.29, 0.717) is 0 Å². The van der Waals surface area contributed by atoms with Crippen molar-refractivity contribution in [3.05, 3.63) is 35.9 Å². The van der Waals surface area contributed by atoms with E-state index in [-0.39, 0.29) is 0 Å². The Morgan fingerprint density at radius 3 is 2.41 bits per heavy atom. The van der Waals surface area contributed by atoms with Crippen LogP contribution in [0.25, 0.3) is 0 Å². The third kappa shape index (κ3) is 6.48. The molecule has 1 aromatic rings. The predicted molar refractivity (Wildman–Crippen MR) is 76.4 cm³/mol. The summed E-state index contributed by atoms with van der Waals surface area (Å²) in [4.78, 5) is 0. The van der Waals surface area contributed by atoms with Gasteiger partial charge < -0.3 is 5.32 Å². The van der Waals surface area contributed by atoms with Crippen molar-refractivity contribution in [2.45, 2.75) is 58.4 Å². The first-order valence-electron chi connectivity index (χ1n) is 7.14. The van der Waals surface area contributed by atoms with Crippen molar-refractivity contribution in [1.82, 2.24) is 5.32 Å². The van der Waals surface area contributed by atoms with Gasteiger partial charge in [-0.05, 0) is 44.2 Å². The summed E-state index contributed by atoms with van der Waals surface area (Å²) in [6.45, 7) is 5.67. The average Bonchev–Trinajstić information content (AvgIpc) is 2.37. The molecule has 1 N–H and O–H groups in total. The van der Waals surface area contributed by atoms with Crippen LogP contribution in [-0.2, 0) is 6.42 Å². The molecule has 0 fully saturated rings. The number of hydrogen-bond acceptors (Lipinski definition) is 1. The molecular formula is C16H27N. The molecule has 1 nitrogen and oxygen atoms in total. The second kappa shape index (κ2) is 9.23. The van der Waals surface area contributed by atoms with Crippen LogP contribution in [0.1, 0.15) is 51.5 Å². The number of aryl methyl sites for hydroxylation is 1. The summed E-state index contributed by atoms with van der Waals surface area (Å²) in [5.41, 5.74) is 1.47. The van der Waals surface area contributed by atoms with E-state index in [4.69, 9.17) is 0 Å². The lowest BCUT2D eigenvalue weighted by atomic mass is 10.0. The van der Waals surface area contributed by atoms with Crippen molar-refractivity contribution in [2.24, 2.45) is 0 Å². The molecule has 17 heavy (non-hydrogen) atoms. The predicted octanol–water partition coefficient (Wildman–Crippen LogP) is 4.18. The number of hydrogen-bond donors (Lipinski definition) is 1. The Hall–Kier alpha value is -0.820. The molecule has 1 aromatic carbocycles. The van der Waals surface area contributed by atoms with Crippen LogP contribution in [0.3, 0.4) is 0 Å². The van der Waals surface area contributed by atoms with Crippen LogP contribution >= 0.6 is 0 Å². The lowest BCUT2D eigenvalue weighted by Crippen LogP contribution is -2.29. The largest absolute Gasteiger partial charge is 0.314 e. The second-order valence-corrected chi connectivity index (χ2v) is 4.82. The highest BCUT2D eigenvalue weighted by molar-refractivity contribution is 5.14. The van der Waals surface area contributed by atoms with E-state index >= 15 is 0 Å². The van der Waals surface area contributed by atoms with Crippen molar-refractivity contribution < 1.29 is 0 Å². The highest BCUT2D eigenvalue weighted by Gasteiger charge is 2.05. The molecule has 0 saturated carbocycles. The zero-order chi connectivity index (χ0) is 12.3. The fourth-order valence-corrected chi connectivity index (χ4v) is 2.24. The average molecular weight is 233 g/mol. The summed E-state index contributed by atoms with van der Waals surface area (Å²) >= 11 is 0. The second-order valence-electron chi connectivity index (χ2n) is 4.82. The minimum atomic E-state index is 0.726. The zero-order valence-electron chi connectivity index (χ0n) is 11.4. The fourth-order valence-electron chi connectivity index (χ4n) is 2.24. The Kier molecular flexibility index (Phi) is 7.74. The zero-order valence-corrected chi connectivity index (χ0v) is 11.4. The van der Waals surface area contributed by atoms with Gasteiger partial charge in [-0.3, -0.25) is 0 Å². The van der Waals surface area contributed by atoms with Crippen molar-refractivity contribution in [3.8, 4) is 0 Å². The molecule has 0 aliphatic heterocycles. The van der Waals surface area contributed by atoms with E-state index in [0.717, 1.165) is 12.6 Å². The number of rotatable bonds is 9. The first-order valence-corrected chi connectivity index (χ1v) is 7.14. The van der Waals surface area contributed by atoms with Gasteiger partial charge in [-0.1, -0.05) is 50.6 Å². The van der Waals surface area contributed by atoms with Crippen LogP contribution in [-0.4, -0.2) is 12.6 Å². The summed E-state index contributed by atoms with van der Waals surface area (Å²) in [6, 6.07) is 11.5. The van der Waals surface area contributed by atoms with E-state index in [1.807, 2.05) is 0 Å². The van der Waals surface area contributed by atoms with Gasteiger partial charge in [-0.25, -0.2) is 0 Å². The molecule has 1 atom stereocenters. The Morgan fingerprint density at radius 2 is 1.76 bits per heavy atom. The van der Waals surface area contributed by atoms with Gasteiger partial charge in [0.25, 0.3) is 0 Å². The maximum atomic E-state index is 3.66. The standard InChI is InChI=1S/C16H27N/c1-3-9-16(17-14-4-2)13-8-12-15-10-6-5-7-11-15/h5-7,10-11,16-17H,3-4,8-9,12-14H2,1-2H3. The molecule has 1 heteroatoms. The molecule has 1 unspecified atom stereocenters. The molecule has 0 aliphatic carbocycles. The van der Waals surface area contributed by atoms with Crippen molar-refractivity contribution in [2.75, 3.05) is 6.54 Å². The van der Waals surface area contributed by atoms with Crippen LogP contribution in [0.5, 0.6) is 0 Å². The minimum absolute atomic E-state index is 0.726. The number of benzene rings is 1. The maximum Gasteiger partial charge on any atom is 0.00670 e. The maximum absolute atomic E-state index is 3.66. The van der Waals surface area contributed by atoms with E-state index in [1.165, 1.54) is 44.1 Å². The smallest absolute Gasteiger partial charge is 0.00670 e. The normalized spacial score (nSPS) is 12.6. The molecule has 1 rings (SSSR count). The van der Waals surface area contributed by atoms with E-state index in [9.17, 15) is 0 Å². The highest BCUT2D eigenvalue weighted by Crippen LogP contribution is 2.09. The monoisotopic (exact) mass is 233 g/mol. The lowest BCUT2D eigenvalue weighted by molar-refractivity contribution is 0.438. The van der Waals surface area contributed by atoms with Crippen LogP contribution in [0.4, 0.5) is 0 Å². The lowest BCUT2D eigenvalue weighted by Gasteiger charge is -2.17. The molecule has 0 saturated heterocycles. The Balaban J connectivity index is 2.22. The van der Waals surface area contributed by atoms with Gasteiger partial charge in [0.2, 0.25) is 0 Å². The summed E-state index contributed by atoms with van der Waals surface area (Å²) in [5, 5.41) is 3.66. The minimum Gasteiger partial charge on any atom is -0.314 e. The fraction of sp³-hybridized carbons (Fsp3) is 0.625. The first-order chi connectivity index (χ1) is 8.36. The van der Waals surface area contributed by atoms with Gasteiger partial charge in [-0.2, -0.15) is 0 Å². The highest BCUT2D eigenvalue weighted by atomic mass is 14.9. The van der Waals surface area contributed by atoms with Gasteiger partial charge in [0.05, 0.1) is 0 Å². The van der Waals surface area contributed by atoms with Crippen molar-refractivity contribution in [3.63, 3.8) is 0 Å². The van der Waals surface area contributed by atoms with Crippen LogP contribution in [0.15, 0.2) is 30.3 Å². The van der Waals surface area contributed by atoms with E-state index in [1.54, 1.807) is 0 Å². The molecule has 0 amide bonds. The molecular weight excluding hydrogens is 206 g/mol. The topological polar surface area (TPSA) is 12.0 Å². The Labute approximate surface area is 107 Å². The summed E-state index contributed by atoms with van der Waals surface area (Å²) in [6.07, 6.45) is 7.66. The van der Waals surface area contributed by atoms with Crippen LogP contribution in [0, 0.1) is 0 Å². The van der Waals surface area contributed by atoms with Gasteiger partial charge in [0.15, 0.2) is 0 Å². The Bertz CT molecular complexity index is 268. The van der Waals surface area contributed by atoms with Crippen molar-refractivity contribution in [1.29, 1.82) is 0 Å². The molecule has 96 valence electrons. The van der Waals surface area contributed by atoms with Crippen molar-refractivity contribution >= 4 is 0 Å².